The third-order valence-electron chi connectivity index (χ3n) is 5.70. The minimum Gasteiger partial charge on any atom is -0.478 e. The Bertz CT molecular complexity index is 1270. The molecule has 1 aliphatic heterocycles. The Kier molecular flexibility index (Phi) is 6.49. The third-order valence-corrected chi connectivity index (χ3v) is 7.48. The molecule has 1 heterocycles. The summed E-state index contributed by atoms with van der Waals surface area (Å²) in [4.78, 5) is 16.4. The lowest BCUT2D eigenvalue weighted by atomic mass is 10.1. The van der Waals surface area contributed by atoms with Crippen LogP contribution < -0.4 is 14.5 Å². The maximum Gasteiger partial charge on any atom is 0.337 e. The molecule has 2 N–H and O–H groups in total. The number of carboxylic acid groups (broad SMARTS) is 1. The van der Waals surface area contributed by atoms with Gasteiger partial charge in [0.15, 0.2) is 0 Å². The van der Waals surface area contributed by atoms with E-state index in [0.29, 0.717) is 23.7 Å². The lowest BCUT2D eigenvalue weighted by Crippen LogP contribution is -2.46. The van der Waals surface area contributed by atoms with Crippen molar-refractivity contribution < 1.29 is 18.3 Å². The summed E-state index contributed by atoms with van der Waals surface area (Å²) in [5.74, 6) is -1.20. The molecule has 9 heteroatoms. The number of sulfonamides is 1. The summed E-state index contributed by atoms with van der Waals surface area (Å²) < 4.78 is 28.1. The van der Waals surface area contributed by atoms with Crippen molar-refractivity contribution in [2.45, 2.75) is 11.8 Å². The predicted octanol–water partition coefficient (Wildman–Crippen LogP) is 4.47. The van der Waals surface area contributed by atoms with Gasteiger partial charge in [0, 0.05) is 42.6 Å². The largest absolute Gasteiger partial charge is 0.478 e. The van der Waals surface area contributed by atoms with Crippen molar-refractivity contribution in [1.82, 2.24) is 0 Å². The summed E-state index contributed by atoms with van der Waals surface area (Å²) in [6.45, 7) is 4.64. The lowest BCUT2D eigenvalue weighted by Gasteiger charge is -2.37. The smallest absolute Gasteiger partial charge is 0.337 e. The molecule has 3 aromatic carbocycles. The minimum absolute atomic E-state index is 0.0364. The summed E-state index contributed by atoms with van der Waals surface area (Å²) in [5, 5.41) is 10.4. The number of hydrogen-bond donors (Lipinski definition) is 2. The maximum absolute atomic E-state index is 12.8. The van der Waals surface area contributed by atoms with Crippen molar-refractivity contribution in [3.63, 3.8) is 0 Å². The fourth-order valence-corrected chi connectivity index (χ4v) is 5.38. The number of anilines is 3. The predicted molar refractivity (Wildman–Crippen MR) is 131 cm³/mol. The lowest BCUT2D eigenvalue weighted by molar-refractivity contribution is 0.0698. The van der Waals surface area contributed by atoms with Crippen molar-refractivity contribution in [2.24, 2.45) is 0 Å². The van der Waals surface area contributed by atoms with Gasteiger partial charge in [0.25, 0.3) is 10.0 Å². The standard InChI is InChI=1S/C24H24ClN3O4S/c1-17-4-2-3-5-23(17)33(31,32)26-22-11-10-20(16-21(22)24(29)30)28-14-12-27(13-15-28)19-8-6-18(25)7-9-19/h2-11,16,26H,12-15H2,1H3,(H,29,30). The molecule has 7 nitrogen and oxygen atoms in total. The molecule has 0 unspecified atom stereocenters. The fraction of sp³-hybridized carbons (Fsp3) is 0.208. The molecular weight excluding hydrogens is 462 g/mol. The van der Waals surface area contributed by atoms with E-state index in [2.05, 4.69) is 14.5 Å². The molecule has 0 aromatic heterocycles. The van der Waals surface area contributed by atoms with Gasteiger partial charge in [-0.05, 0) is 61.0 Å². The quantitative estimate of drug-likeness (QED) is 0.535. The first-order chi connectivity index (χ1) is 15.7. The van der Waals surface area contributed by atoms with E-state index in [1.165, 1.54) is 18.2 Å². The fourth-order valence-electron chi connectivity index (χ4n) is 3.93. The van der Waals surface area contributed by atoms with Gasteiger partial charge in [0.1, 0.15) is 0 Å². The summed E-state index contributed by atoms with van der Waals surface area (Å²) in [7, 11) is -3.92. The Balaban J connectivity index is 1.52. The summed E-state index contributed by atoms with van der Waals surface area (Å²) in [6.07, 6.45) is 0. The Labute approximate surface area is 198 Å². The highest BCUT2D eigenvalue weighted by Crippen LogP contribution is 2.28. The average Bonchev–Trinajstić information content (AvgIpc) is 2.80. The number of nitrogens with one attached hydrogen (secondary N) is 1. The molecule has 0 amide bonds. The highest BCUT2D eigenvalue weighted by molar-refractivity contribution is 7.92. The zero-order valence-corrected chi connectivity index (χ0v) is 19.6. The van der Waals surface area contributed by atoms with Crippen molar-refractivity contribution in [3.8, 4) is 0 Å². The van der Waals surface area contributed by atoms with E-state index < -0.39 is 16.0 Å². The second kappa shape index (κ2) is 9.33. The first kappa shape index (κ1) is 22.9. The molecule has 0 aliphatic carbocycles. The molecule has 1 saturated heterocycles. The van der Waals surface area contributed by atoms with Gasteiger partial charge in [-0.15, -0.1) is 0 Å². The number of nitrogens with zero attached hydrogens (tertiary/aromatic N) is 2. The molecule has 3 aromatic rings. The van der Waals surface area contributed by atoms with Crippen LogP contribution in [0.3, 0.4) is 0 Å². The maximum atomic E-state index is 12.8. The van der Waals surface area contributed by atoms with Gasteiger partial charge in [-0.25, -0.2) is 13.2 Å². The number of hydrogen-bond acceptors (Lipinski definition) is 5. The van der Waals surface area contributed by atoms with E-state index in [1.807, 2.05) is 24.3 Å². The second-order valence-corrected chi connectivity index (χ2v) is 9.94. The number of halogens is 1. The summed E-state index contributed by atoms with van der Waals surface area (Å²) >= 11 is 5.97. The Morgan fingerprint density at radius 2 is 1.48 bits per heavy atom. The van der Waals surface area contributed by atoms with Crippen LogP contribution in [0.15, 0.2) is 71.6 Å². The molecule has 172 valence electrons. The van der Waals surface area contributed by atoms with E-state index in [1.54, 1.807) is 31.2 Å². The molecule has 1 fully saturated rings. The number of aryl methyl sites for hydroxylation is 1. The Morgan fingerprint density at radius 3 is 2.09 bits per heavy atom. The SMILES string of the molecule is Cc1ccccc1S(=O)(=O)Nc1ccc(N2CCN(c3ccc(Cl)cc3)CC2)cc1C(=O)O. The van der Waals surface area contributed by atoms with Crippen LogP contribution in [0.25, 0.3) is 0 Å². The molecule has 0 bridgehead atoms. The van der Waals surface area contributed by atoms with Crippen LogP contribution >= 0.6 is 11.6 Å². The number of carbonyl (C=O) groups is 1. The van der Waals surface area contributed by atoms with Gasteiger partial charge in [-0.3, -0.25) is 4.72 Å². The monoisotopic (exact) mass is 485 g/mol. The van der Waals surface area contributed by atoms with Gasteiger partial charge >= 0.3 is 5.97 Å². The highest BCUT2D eigenvalue weighted by atomic mass is 35.5. The minimum atomic E-state index is -3.92. The van der Waals surface area contributed by atoms with Crippen molar-refractivity contribution in [2.75, 3.05) is 40.7 Å². The van der Waals surface area contributed by atoms with E-state index in [4.69, 9.17) is 11.6 Å². The average molecular weight is 486 g/mol. The number of aromatic carboxylic acids is 1. The summed E-state index contributed by atoms with van der Waals surface area (Å²) in [6, 6.07) is 19.0. The van der Waals surface area contributed by atoms with Crippen LogP contribution in [0.4, 0.5) is 17.1 Å². The van der Waals surface area contributed by atoms with Gasteiger partial charge in [-0.1, -0.05) is 29.8 Å². The van der Waals surface area contributed by atoms with Crippen LogP contribution in [-0.4, -0.2) is 45.7 Å². The number of rotatable bonds is 6. The molecule has 4 rings (SSSR count). The highest BCUT2D eigenvalue weighted by Gasteiger charge is 2.23. The van der Waals surface area contributed by atoms with Crippen LogP contribution in [0.2, 0.25) is 5.02 Å². The van der Waals surface area contributed by atoms with Crippen LogP contribution in [0.1, 0.15) is 15.9 Å². The molecular formula is C24H24ClN3O4S. The van der Waals surface area contributed by atoms with Gasteiger partial charge in [0.2, 0.25) is 0 Å². The first-order valence-corrected chi connectivity index (χ1v) is 12.3. The van der Waals surface area contributed by atoms with Gasteiger partial charge in [0.05, 0.1) is 16.1 Å². The molecule has 33 heavy (non-hydrogen) atoms. The van der Waals surface area contributed by atoms with E-state index >= 15 is 0 Å². The van der Waals surface area contributed by atoms with Crippen LogP contribution in [0, 0.1) is 6.92 Å². The van der Waals surface area contributed by atoms with Crippen LogP contribution in [-0.2, 0) is 10.0 Å². The third kappa shape index (κ3) is 5.07. The van der Waals surface area contributed by atoms with E-state index in [-0.39, 0.29) is 16.1 Å². The number of benzene rings is 3. The van der Waals surface area contributed by atoms with E-state index in [9.17, 15) is 18.3 Å². The van der Waals surface area contributed by atoms with Crippen molar-refractivity contribution in [3.05, 3.63) is 82.9 Å². The zero-order valence-electron chi connectivity index (χ0n) is 18.0. The zero-order chi connectivity index (χ0) is 23.6. The first-order valence-electron chi connectivity index (χ1n) is 10.5. The van der Waals surface area contributed by atoms with Gasteiger partial charge in [-0.2, -0.15) is 0 Å². The van der Waals surface area contributed by atoms with E-state index in [0.717, 1.165) is 24.5 Å². The Morgan fingerprint density at radius 1 is 0.909 bits per heavy atom. The molecule has 1 aliphatic rings. The van der Waals surface area contributed by atoms with Gasteiger partial charge < -0.3 is 14.9 Å². The topological polar surface area (TPSA) is 90.0 Å². The number of piperazine rings is 1. The molecule has 0 spiro atoms. The van der Waals surface area contributed by atoms with Crippen LogP contribution in [0.5, 0.6) is 0 Å². The molecule has 0 radical (unpaired) electrons. The van der Waals surface area contributed by atoms with Crippen molar-refractivity contribution >= 4 is 44.7 Å². The van der Waals surface area contributed by atoms with Crippen molar-refractivity contribution in [1.29, 1.82) is 0 Å². The second-order valence-electron chi connectivity index (χ2n) is 7.86. The summed E-state index contributed by atoms with van der Waals surface area (Å²) in [5.41, 5.74) is 2.35. The normalized spacial score (nSPS) is 14.2. The molecule has 0 saturated carbocycles. The number of carboxylic acids is 1. The molecule has 0 atom stereocenters. The Hall–Kier alpha value is -3.23.